The summed E-state index contributed by atoms with van der Waals surface area (Å²) in [5.74, 6) is -0.404. The Morgan fingerprint density at radius 1 is 0.970 bits per heavy atom. The van der Waals surface area contributed by atoms with E-state index >= 15 is 0 Å². The summed E-state index contributed by atoms with van der Waals surface area (Å²) in [5, 5.41) is 6.09. The van der Waals surface area contributed by atoms with Crippen LogP contribution in [-0.4, -0.2) is 42.4 Å². The van der Waals surface area contributed by atoms with Crippen LogP contribution in [0.1, 0.15) is 57.1 Å². The molecule has 0 unspecified atom stereocenters. The summed E-state index contributed by atoms with van der Waals surface area (Å²) in [4.78, 5) is 28.4. The summed E-state index contributed by atoms with van der Waals surface area (Å²) in [5.41, 5.74) is 1.44. The molecule has 1 atom stereocenters. The van der Waals surface area contributed by atoms with Crippen LogP contribution < -0.4 is 10.6 Å². The maximum atomic E-state index is 13.3. The molecule has 176 valence electrons. The summed E-state index contributed by atoms with van der Waals surface area (Å²) >= 11 is 0. The topological polar surface area (TPSA) is 61.4 Å². The minimum Gasteiger partial charge on any atom is -0.345 e. The van der Waals surface area contributed by atoms with E-state index in [0.717, 1.165) is 37.2 Å². The van der Waals surface area contributed by atoms with Gasteiger partial charge in [-0.3, -0.25) is 9.59 Å². The van der Waals surface area contributed by atoms with Crippen molar-refractivity contribution in [2.45, 2.75) is 57.5 Å². The van der Waals surface area contributed by atoms with Crippen molar-refractivity contribution in [1.29, 1.82) is 0 Å². The van der Waals surface area contributed by atoms with E-state index in [1.165, 1.54) is 25.3 Å². The first-order chi connectivity index (χ1) is 15.9. The second kappa shape index (κ2) is 12.4. The van der Waals surface area contributed by atoms with Crippen LogP contribution in [0.3, 0.4) is 0 Å². The molecular formula is C28H37N3O2. The van der Waals surface area contributed by atoms with Crippen molar-refractivity contribution in [3.63, 3.8) is 0 Å². The quantitative estimate of drug-likeness (QED) is 0.527. The van der Waals surface area contributed by atoms with E-state index in [4.69, 9.17) is 0 Å². The Bertz CT molecular complexity index is 903. The number of carbonyl (C=O) groups excluding carboxylic acids is 2. The van der Waals surface area contributed by atoms with Crippen molar-refractivity contribution in [1.82, 2.24) is 15.5 Å². The molecular weight excluding hydrogens is 410 g/mol. The number of hydrogen-bond donors (Lipinski definition) is 2. The van der Waals surface area contributed by atoms with Gasteiger partial charge in [0.15, 0.2) is 0 Å². The molecule has 0 aromatic heterocycles. The van der Waals surface area contributed by atoms with Gasteiger partial charge in [0.2, 0.25) is 11.8 Å². The third-order valence-corrected chi connectivity index (χ3v) is 6.21. The monoisotopic (exact) mass is 447 g/mol. The van der Waals surface area contributed by atoms with Gasteiger partial charge in [0, 0.05) is 6.08 Å². The SMILES string of the molecule is CC(C)(NC(=O)[C@@H](CCCN1CCCCC1)NC(=O)/C=C/c1ccccc1)c1ccccc1. The largest absolute Gasteiger partial charge is 0.345 e. The summed E-state index contributed by atoms with van der Waals surface area (Å²) in [6.07, 6.45) is 8.55. The van der Waals surface area contributed by atoms with Crippen molar-refractivity contribution >= 4 is 17.9 Å². The maximum Gasteiger partial charge on any atom is 0.244 e. The summed E-state index contributed by atoms with van der Waals surface area (Å²) in [7, 11) is 0. The van der Waals surface area contributed by atoms with Gasteiger partial charge in [-0.2, -0.15) is 0 Å². The molecule has 0 radical (unpaired) electrons. The molecule has 1 saturated heterocycles. The van der Waals surface area contributed by atoms with Crippen LogP contribution in [-0.2, 0) is 15.1 Å². The summed E-state index contributed by atoms with van der Waals surface area (Å²) in [6, 6.07) is 19.0. The third kappa shape index (κ3) is 8.17. The lowest BCUT2D eigenvalue weighted by Crippen LogP contribution is -2.52. The maximum absolute atomic E-state index is 13.3. The van der Waals surface area contributed by atoms with E-state index < -0.39 is 11.6 Å². The summed E-state index contributed by atoms with van der Waals surface area (Å²) in [6.45, 7) is 7.19. The smallest absolute Gasteiger partial charge is 0.244 e. The van der Waals surface area contributed by atoms with Crippen LogP contribution in [0.5, 0.6) is 0 Å². The fourth-order valence-electron chi connectivity index (χ4n) is 4.25. The van der Waals surface area contributed by atoms with E-state index in [9.17, 15) is 9.59 Å². The van der Waals surface area contributed by atoms with Gasteiger partial charge in [-0.1, -0.05) is 67.1 Å². The highest BCUT2D eigenvalue weighted by molar-refractivity contribution is 5.95. The molecule has 33 heavy (non-hydrogen) atoms. The fourth-order valence-corrected chi connectivity index (χ4v) is 4.25. The highest BCUT2D eigenvalue weighted by Crippen LogP contribution is 2.20. The minimum absolute atomic E-state index is 0.149. The van der Waals surface area contributed by atoms with Crippen LogP contribution in [0.15, 0.2) is 66.7 Å². The van der Waals surface area contributed by atoms with E-state index in [1.807, 2.05) is 74.5 Å². The first kappa shape index (κ1) is 24.7. The molecule has 1 heterocycles. The molecule has 1 aliphatic heterocycles. The highest BCUT2D eigenvalue weighted by Gasteiger charge is 2.28. The molecule has 0 saturated carbocycles. The summed E-state index contributed by atoms with van der Waals surface area (Å²) < 4.78 is 0. The second-order valence-corrected chi connectivity index (χ2v) is 9.33. The van der Waals surface area contributed by atoms with E-state index in [1.54, 1.807) is 6.08 Å². The van der Waals surface area contributed by atoms with Crippen molar-refractivity contribution in [2.75, 3.05) is 19.6 Å². The Balaban J connectivity index is 1.63. The molecule has 1 fully saturated rings. The molecule has 2 aromatic carbocycles. The Kier molecular flexibility index (Phi) is 9.25. The number of piperidine rings is 1. The number of rotatable bonds is 10. The number of likely N-dealkylation sites (tertiary alicyclic amines) is 1. The number of nitrogens with one attached hydrogen (secondary N) is 2. The average molecular weight is 448 g/mol. The predicted molar refractivity (Wildman–Crippen MR) is 135 cm³/mol. The van der Waals surface area contributed by atoms with Gasteiger partial charge in [0.05, 0.1) is 5.54 Å². The molecule has 3 rings (SSSR count). The molecule has 0 spiro atoms. The van der Waals surface area contributed by atoms with E-state index in [2.05, 4.69) is 15.5 Å². The Morgan fingerprint density at radius 3 is 2.27 bits per heavy atom. The lowest BCUT2D eigenvalue weighted by molar-refractivity contribution is -0.128. The fraction of sp³-hybridized carbons (Fsp3) is 0.429. The molecule has 0 aliphatic carbocycles. The van der Waals surface area contributed by atoms with Gasteiger partial charge in [-0.15, -0.1) is 0 Å². The zero-order chi connectivity index (χ0) is 23.5. The van der Waals surface area contributed by atoms with Gasteiger partial charge in [0.25, 0.3) is 0 Å². The number of hydrogen-bond acceptors (Lipinski definition) is 3. The van der Waals surface area contributed by atoms with E-state index in [-0.39, 0.29) is 11.8 Å². The average Bonchev–Trinajstić information content (AvgIpc) is 2.84. The highest BCUT2D eigenvalue weighted by atomic mass is 16.2. The third-order valence-electron chi connectivity index (χ3n) is 6.21. The number of benzene rings is 2. The van der Waals surface area contributed by atoms with Gasteiger partial charge in [0.1, 0.15) is 6.04 Å². The van der Waals surface area contributed by atoms with Gasteiger partial charge in [-0.05, 0) is 76.4 Å². The van der Waals surface area contributed by atoms with Crippen LogP contribution in [0.2, 0.25) is 0 Å². The molecule has 5 heteroatoms. The molecule has 2 N–H and O–H groups in total. The Morgan fingerprint density at radius 2 is 1.61 bits per heavy atom. The van der Waals surface area contributed by atoms with Crippen molar-refractivity contribution < 1.29 is 9.59 Å². The molecule has 1 aliphatic rings. The number of nitrogens with zero attached hydrogens (tertiary/aromatic N) is 1. The Hall–Kier alpha value is -2.92. The first-order valence-electron chi connectivity index (χ1n) is 12.1. The normalized spacial score (nSPS) is 15.8. The standard InChI is InChI=1S/C28H37N3O2/c1-28(2,24-15-8-4-9-16-24)30-27(33)25(17-12-22-31-20-10-5-11-21-31)29-26(32)19-18-23-13-6-3-7-14-23/h3-4,6-9,13-16,18-19,25H,5,10-12,17,20-22H2,1-2H3,(H,29,32)(H,30,33)/b19-18+/t25-/m1/s1. The van der Waals surface area contributed by atoms with Crippen LogP contribution in [0, 0.1) is 0 Å². The van der Waals surface area contributed by atoms with Crippen LogP contribution >= 0.6 is 0 Å². The molecule has 2 amide bonds. The van der Waals surface area contributed by atoms with Crippen LogP contribution in [0.4, 0.5) is 0 Å². The minimum atomic E-state index is -0.578. The molecule has 5 nitrogen and oxygen atoms in total. The first-order valence-corrected chi connectivity index (χ1v) is 12.1. The lowest BCUT2D eigenvalue weighted by Gasteiger charge is -2.30. The second-order valence-electron chi connectivity index (χ2n) is 9.33. The van der Waals surface area contributed by atoms with Gasteiger partial charge >= 0.3 is 0 Å². The zero-order valence-electron chi connectivity index (χ0n) is 19.9. The van der Waals surface area contributed by atoms with Crippen molar-refractivity contribution in [2.24, 2.45) is 0 Å². The van der Waals surface area contributed by atoms with E-state index in [0.29, 0.717) is 6.42 Å². The van der Waals surface area contributed by atoms with Gasteiger partial charge in [-0.25, -0.2) is 0 Å². The molecule has 2 aromatic rings. The van der Waals surface area contributed by atoms with Crippen LogP contribution in [0.25, 0.3) is 6.08 Å². The lowest BCUT2D eigenvalue weighted by atomic mass is 9.93. The molecule has 0 bridgehead atoms. The van der Waals surface area contributed by atoms with Gasteiger partial charge < -0.3 is 15.5 Å². The predicted octanol–water partition coefficient (Wildman–Crippen LogP) is 4.50. The van der Waals surface area contributed by atoms with Crippen molar-refractivity contribution in [3.8, 4) is 0 Å². The number of carbonyl (C=O) groups is 2. The number of amides is 2. The van der Waals surface area contributed by atoms with Crippen molar-refractivity contribution in [3.05, 3.63) is 77.9 Å². The Labute approximate surface area is 198 Å². The zero-order valence-corrected chi connectivity index (χ0v) is 19.9.